The van der Waals surface area contributed by atoms with Gasteiger partial charge in [-0.1, -0.05) is 72.8 Å². The van der Waals surface area contributed by atoms with E-state index in [1.807, 2.05) is 12.1 Å². The third kappa shape index (κ3) is 5.10. The minimum atomic E-state index is -1.43. The van der Waals surface area contributed by atoms with Crippen LogP contribution in [0, 0.1) is 10.1 Å². The number of aliphatic hydroxyl groups is 1. The smallest absolute Gasteiger partial charge is 0.331 e. The Labute approximate surface area is 234 Å². The molecule has 2 aliphatic heterocycles. The molecule has 0 aliphatic carbocycles. The Balaban J connectivity index is 1.47. The van der Waals surface area contributed by atoms with E-state index in [9.17, 15) is 34.4 Å². The van der Waals surface area contributed by atoms with Crippen LogP contribution in [0.4, 0.5) is 5.69 Å². The second-order valence-electron chi connectivity index (χ2n) is 9.70. The van der Waals surface area contributed by atoms with Gasteiger partial charge in [-0.05, 0) is 24.1 Å². The number of nitro benzene ring substituents is 1. The quantitative estimate of drug-likeness (QED) is 0.139. The summed E-state index contributed by atoms with van der Waals surface area (Å²) < 4.78 is 5.43. The van der Waals surface area contributed by atoms with Gasteiger partial charge in [0.25, 0.3) is 17.5 Å². The van der Waals surface area contributed by atoms with E-state index in [1.54, 1.807) is 60.7 Å². The first-order chi connectivity index (χ1) is 19.7. The summed E-state index contributed by atoms with van der Waals surface area (Å²) in [6.07, 6.45) is 1.91. The third-order valence-electron chi connectivity index (χ3n) is 7.05. The van der Waals surface area contributed by atoms with E-state index in [4.69, 9.17) is 4.74 Å². The molecule has 41 heavy (non-hydrogen) atoms. The number of fused-ring (bicyclic) bond motifs is 1. The number of carbonyl (C=O) groups excluding carboxylic acids is 4. The van der Waals surface area contributed by atoms with Crippen molar-refractivity contribution in [2.75, 3.05) is 0 Å². The predicted molar refractivity (Wildman–Crippen MR) is 145 cm³/mol. The number of non-ortho nitro benzene ring substituents is 1. The van der Waals surface area contributed by atoms with Crippen LogP contribution in [0.25, 0.3) is 6.08 Å². The number of nitrogens with zero attached hydrogens (tertiary/aromatic N) is 3. The van der Waals surface area contributed by atoms with E-state index in [0.29, 0.717) is 5.56 Å². The van der Waals surface area contributed by atoms with E-state index in [2.05, 4.69) is 0 Å². The highest BCUT2D eigenvalue weighted by molar-refractivity contribution is 6.23. The number of hydrogen-bond donors (Lipinski definition) is 1. The van der Waals surface area contributed by atoms with Crippen molar-refractivity contribution in [1.29, 1.82) is 0 Å². The second-order valence-corrected chi connectivity index (χ2v) is 9.70. The lowest BCUT2D eigenvalue weighted by Crippen LogP contribution is -2.75. The Morgan fingerprint density at radius 2 is 1.63 bits per heavy atom. The molecule has 208 valence electrons. The molecule has 4 unspecified atom stereocenters. The Kier molecular flexibility index (Phi) is 7.45. The Bertz CT molecular complexity index is 1550. The van der Waals surface area contributed by atoms with Crippen molar-refractivity contribution in [2.45, 2.75) is 37.8 Å². The van der Waals surface area contributed by atoms with E-state index >= 15 is 0 Å². The normalized spacial score (nSPS) is 19.6. The number of hydrogen-bond acceptors (Lipinski definition) is 8. The first-order valence-electron chi connectivity index (χ1n) is 12.8. The van der Waals surface area contributed by atoms with Gasteiger partial charge in [0.15, 0.2) is 6.04 Å². The summed E-state index contributed by atoms with van der Waals surface area (Å²) in [4.78, 5) is 65.9. The molecular formula is C30H25N3O8. The van der Waals surface area contributed by atoms with Crippen molar-refractivity contribution in [3.8, 4) is 0 Å². The Morgan fingerprint density at radius 1 is 1.00 bits per heavy atom. The minimum Gasteiger partial charge on any atom is -0.459 e. The molecular weight excluding hydrogens is 530 g/mol. The standard InChI is InChI=1S/C30H25N3O8/c1-18(34)25(30(38)41-17-20-10-6-3-7-11-20)31-24(15-12-19-8-4-2-5-9-19)26(29(31)37)32-27(35)22-14-13-21(33(39)40)16-23(22)28(32)36/h2-16,18,24-26,34H,17H2,1H3/b15-12+. The van der Waals surface area contributed by atoms with Crippen LogP contribution in [0.15, 0.2) is 84.9 Å². The Morgan fingerprint density at radius 3 is 2.27 bits per heavy atom. The number of esters is 1. The van der Waals surface area contributed by atoms with Crippen LogP contribution in [0.1, 0.15) is 38.8 Å². The van der Waals surface area contributed by atoms with Gasteiger partial charge in [-0.25, -0.2) is 4.79 Å². The highest BCUT2D eigenvalue weighted by Gasteiger charge is 2.59. The molecule has 1 fully saturated rings. The Hall–Kier alpha value is -5.16. The summed E-state index contributed by atoms with van der Waals surface area (Å²) in [6.45, 7) is 1.25. The predicted octanol–water partition coefficient (Wildman–Crippen LogP) is 2.98. The first-order valence-corrected chi connectivity index (χ1v) is 12.8. The molecule has 2 aliphatic rings. The van der Waals surface area contributed by atoms with E-state index in [0.717, 1.165) is 27.5 Å². The molecule has 4 atom stereocenters. The zero-order valence-electron chi connectivity index (χ0n) is 21.8. The maximum absolute atomic E-state index is 13.6. The van der Waals surface area contributed by atoms with Gasteiger partial charge in [0, 0.05) is 12.1 Å². The monoisotopic (exact) mass is 555 g/mol. The number of nitro groups is 1. The van der Waals surface area contributed by atoms with E-state index in [-0.39, 0.29) is 23.4 Å². The lowest BCUT2D eigenvalue weighted by Gasteiger charge is -2.51. The fourth-order valence-electron chi connectivity index (χ4n) is 5.04. The lowest BCUT2D eigenvalue weighted by atomic mass is 9.88. The zero-order valence-corrected chi connectivity index (χ0v) is 21.8. The SMILES string of the molecule is CC(O)C(C(=O)OCc1ccccc1)N1C(=O)C(N2C(=O)c3ccc([N+](=O)[O-])cc3C2=O)C1/C=C/c1ccccc1. The summed E-state index contributed by atoms with van der Waals surface area (Å²) in [5.74, 6) is -3.24. The van der Waals surface area contributed by atoms with E-state index in [1.165, 1.54) is 13.0 Å². The number of likely N-dealkylation sites (tertiary alicyclic amines) is 1. The number of benzene rings is 3. The van der Waals surface area contributed by atoms with Crippen molar-refractivity contribution in [3.05, 3.63) is 117 Å². The maximum atomic E-state index is 13.6. The lowest BCUT2D eigenvalue weighted by molar-refractivity contribution is -0.384. The van der Waals surface area contributed by atoms with Crippen LogP contribution in [0.2, 0.25) is 0 Å². The molecule has 0 spiro atoms. The fourth-order valence-corrected chi connectivity index (χ4v) is 5.04. The average Bonchev–Trinajstić information content (AvgIpc) is 3.21. The van der Waals surface area contributed by atoms with Gasteiger partial charge in [-0.3, -0.25) is 29.4 Å². The van der Waals surface area contributed by atoms with Gasteiger partial charge in [0.1, 0.15) is 12.6 Å². The van der Waals surface area contributed by atoms with Crippen molar-refractivity contribution in [1.82, 2.24) is 9.80 Å². The molecule has 11 nitrogen and oxygen atoms in total. The van der Waals surface area contributed by atoms with Gasteiger partial charge in [-0.2, -0.15) is 0 Å². The number of rotatable bonds is 9. The van der Waals surface area contributed by atoms with Crippen LogP contribution in [-0.2, 0) is 20.9 Å². The van der Waals surface area contributed by atoms with Crippen LogP contribution < -0.4 is 0 Å². The molecule has 3 aromatic carbocycles. The minimum absolute atomic E-state index is 0.0630. The van der Waals surface area contributed by atoms with Crippen LogP contribution in [0.3, 0.4) is 0 Å². The van der Waals surface area contributed by atoms with Crippen molar-refractivity contribution >= 4 is 35.5 Å². The first kappa shape index (κ1) is 27.4. The molecule has 0 bridgehead atoms. The molecule has 1 N–H and O–H groups in total. The summed E-state index contributed by atoms with van der Waals surface area (Å²) in [6, 6.07) is 17.5. The van der Waals surface area contributed by atoms with Gasteiger partial charge in [0.05, 0.1) is 28.2 Å². The number of aliphatic hydroxyl groups excluding tert-OH is 1. The van der Waals surface area contributed by atoms with Gasteiger partial charge in [0.2, 0.25) is 5.91 Å². The highest BCUT2D eigenvalue weighted by atomic mass is 16.6. The van der Waals surface area contributed by atoms with Crippen molar-refractivity contribution in [2.24, 2.45) is 0 Å². The molecule has 0 saturated carbocycles. The van der Waals surface area contributed by atoms with Gasteiger partial charge < -0.3 is 14.7 Å². The van der Waals surface area contributed by atoms with Crippen LogP contribution >= 0.6 is 0 Å². The highest BCUT2D eigenvalue weighted by Crippen LogP contribution is 2.37. The van der Waals surface area contributed by atoms with Crippen molar-refractivity contribution < 1.29 is 33.9 Å². The van der Waals surface area contributed by atoms with Gasteiger partial charge >= 0.3 is 5.97 Å². The topological polar surface area (TPSA) is 147 Å². The van der Waals surface area contributed by atoms with Crippen LogP contribution in [-0.4, -0.2) is 67.7 Å². The number of β-lactam (4-membered cyclic amide) rings is 1. The molecule has 1 saturated heterocycles. The zero-order chi connectivity index (χ0) is 29.3. The molecule has 11 heteroatoms. The third-order valence-corrected chi connectivity index (χ3v) is 7.05. The summed E-state index contributed by atoms with van der Waals surface area (Å²) in [7, 11) is 0. The second kappa shape index (κ2) is 11.1. The molecule has 0 radical (unpaired) electrons. The molecule has 2 heterocycles. The van der Waals surface area contributed by atoms with Crippen molar-refractivity contribution in [3.63, 3.8) is 0 Å². The summed E-state index contributed by atoms with van der Waals surface area (Å²) in [5.41, 5.74) is 0.842. The molecule has 0 aromatic heterocycles. The van der Waals surface area contributed by atoms with Gasteiger partial charge in [-0.15, -0.1) is 0 Å². The molecule has 5 rings (SSSR count). The fraction of sp³-hybridized carbons (Fsp3) is 0.200. The molecule has 3 amide bonds. The largest absolute Gasteiger partial charge is 0.459 e. The summed E-state index contributed by atoms with van der Waals surface area (Å²) >= 11 is 0. The van der Waals surface area contributed by atoms with Crippen LogP contribution in [0.5, 0.6) is 0 Å². The van der Waals surface area contributed by atoms with E-state index < -0.39 is 52.8 Å². The number of imide groups is 1. The average molecular weight is 556 g/mol. The number of ether oxygens (including phenoxy) is 1. The number of carbonyl (C=O) groups is 4. The number of amides is 3. The maximum Gasteiger partial charge on any atom is 0.331 e. The molecule has 3 aromatic rings. The summed E-state index contributed by atoms with van der Waals surface area (Å²) in [5, 5.41) is 21.8.